The minimum Gasteiger partial charge on any atom is -0.432 e. The Morgan fingerprint density at radius 3 is 2.41 bits per heavy atom. The number of halogens is 3. The summed E-state index contributed by atoms with van der Waals surface area (Å²) >= 11 is 0. The van der Waals surface area contributed by atoms with Crippen molar-refractivity contribution in [1.82, 2.24) is 9.55 Å². The number of aryl methyl sites for hydroxylation is 1. The molecule has 3 N–H and O–H groups in total. The Morgan fingerprint density at radius 2 is 1.89 bits per heavy atom. The van der Waals surface area contributed by atoms with E-state index in [1.165, 1.54) is 6.07 Å². The SMILES string of the molecule is Cc1nc(NS(=O)(=O)C(C)(C)C)ccc1-c1c(C(N)=O)c2cc(F)c(OC(F)F)cc2n1[C@@H](C)C1CC1. The highest BCUT2D eigenvalue weighted by atomic mass is 32.2. The Morgan fingerprint density at radius 1 is 1.24 bits per heavy atom. The van der Waals surface area contributed by atoms with Gasteiger partial charge in [0.2, 0.25) is 10.0 Å². The van der Waals surface area contributed by atoms with Crippen LogP contribution in [0.1, 0.15) is 62.6 Å². The smallest absolute Gasteiger partial charge is 0.387 e. The number of amides is 1. The Balaban J connectivity index is 1.97. The second-order valence-electron chi connectivity index (χ2n) is 10.3. The first-order valence-corrected chi connectivity index (χ1v) is 13.2. The fourth-order valence-electron chi connectivity index (χ4n) is 4.38. The molecule has 0 bridgehead atoms. The Labute approximate surface area is 213 Å². The van der Waals surface area contributed by atoms with E-state index < -0.39 is 38.9 Å². The van der Waals surface area contributed by atoms with Crippen molar-refractivity contribution in [1.29, 1.82) is 0 Å². The fourth-order valence-corrected chi connectivity index (χ4v) is 5.08. The molecule has 0 radical (unpaired) electrons. The van der Waals surface area contributed by atoms with Crippen LogP contribution in [0.5, 0.6) is 5.75 Å². The Bertz CT molecular complexity index is 1490. The normalized spacial score (nSPS) is 15.3. The van der Waals surface area contributed by atoms with E-state index >= 15 is 0 Å². The molecule has 1 saturated carbocycles. The molecule has 1 fully saturated rings. The number of nitrogens with zero attached hydrogens (tertiary/aromatic N) is 2. The van der Waals surface area contributed by atoms with Crippen LogP contribution in [0.15, 0.2) is 24.3 Å². The molecule has 3 aromatic rings. The predicted octanol–water partition coefficient (Wildman–Crippen LogP) is 5.36. The van der Waals surface area contributed by atoms with Crippen LogP contribution in [0.4, 0.5) is 19.0 Å². The van der Waals surface area contributed by atoms with Gasteiger partial charge in [0.05, 0.1) is 21.5 Å². The molecule has 4 rings (SSSR count). The minimum absolute atomic E-state index is 0.0120. The Hall–Kier alpha value is -3.28. The number of hydrogen-bond acceptors (Lipinski definition) is 5. The third-order valence-corrected chi connectivity index (χ3v) is 8.71. The predicted molar refractivity (Wildman–Crippen MR) is 135 cm³/mol. The monoisotopic (exact) mass is 538 g/mol. The van der Waals surface area contributed by atoms with E-state index in [4.69, 9.17) is 5.73 Å². The van der Waals surface area contributed by atoms with Gasteiger partial charge >= 0.3 is 6.61 Å². The average molecular weight is 539 g/mol. The number of fused-ring (bicyclic) bond motifs is 1. The van der Waals surface area contributed by atoms with Crippen LogP contribution < -0.4 is 15.2 Å². The van der Waals surface area contributed by atoms with E-state index in [2.05, 4.69) is 14.4 Å². The van der Waals surface area contributed by atoms with E-state index in [-0.39, 0.29) is 28.7 Å². The maximum Gasteiger partial charge on any atom is 0.387 e. The average Bonchev–Trinajstić information content (AvgIpc) is 3.55. The van der Waals surface area contributed by atoms with Crippen LogP contribution in [0, 0.1) is 18.7 Å². The number of hydrogen-bond donors (Lipinski definition) is 2. The highest BCUT2D eigenvalue weighted by molar-refractivity contribution is 7.94. The number of sulfonamides is 1. The lowest BCUT2D eigenvalue weighted by Crippen LogP contribution is -2.34. The molecular weight excluding hydrogens is 509 g/mol. The minimum atomic E-state index is -3.74. The van der Waals surface area contributed by atoms with Gasteiger partial charge in [-0.25, -0.2) is 17.8 Å². The van der Waals surface area contributed by atoms with Gasteiger partial charge in [0.15, 0.2) is 11.6 Å². The molecular formula is C25H29F3N4O4S. The number of benzene rings is 1. The fraction of sp³-hybridized carbons (Fsp3) is 0.440. The maximum absolute atomic E-state index is 14.7. The topological polar surface area (TPSA) is 116 Å². The number of alkyl halides is 2. The number of carbonyl (C=O) groups excluding carboxylic acids is 1. The standard InChI is InChI=1S/C25H29F3N4O4S/c1-12-15(8-9-20(30-12)31-37(34,35)25(3,4)5)22-21(23(29)33)16-10-17(26)19(36-24(27)28)11-18(16)32(22)13(2)14-6-7-14/h8-11,13-14,24H,6-7H2,1-5H3,(H2,29,33)(H,30,31)/t13-/m0/s1. The Kier molecular flexibility index (Phi) is 6.68. The van der Waals surface area contributed by atoms with E-state index in [9.17, 15) is 26.4 Å². The second kappa shape index (κ2) is 9.23. The van der Waals surface area contributed by atoms with Gasteiger partial charge in [-0.1, -0.05) is 0 Å². The van der Waals surface area contributed by atoms with Gasteiger partial charge in [0.1, 0.15) is 5.82 Å². The van der Waals surface area contributed by atoms with Crippen molar-refractivity contribution >= 4 is 32.7 Å². The first-order valence-electron chi connectivity index (χ1n) is 11.7. The number of aromatic nitrogens is 2. The van der Waals surface area contributed by atoms with E-state index in [0.717, 1.165) is 25.0 Å². The number of nitrogens with two attached hydrogens (primary N) is 1. The van der Waals surface area contributed by atoms with E-state index in [1.807, 2.05) is 6.92 Å². The number of anilines is 1. The molecule has 2 aromatic heterocycles. The summed E-state index contributed by atoms with van der Waals surface area (Å²) in [7, 11) is -3.74. The highest BCUT2D eigenvalue weighted by Crippen LogP contribution is 2.46. The number of ether oxygens (including phenoxy) is 1. The summed E-state index contributed by atoms with van der Waals surface area (Å²) < 4.78 is 73.3. The molecule has 1 amide bonds. The molecule has 200 valence electrons. The molecule has 8 nitrogen and oxygen atoms in total. The molecule has 1 aliphatic rings. The van der Waals surface area contributed by atoms with Crippen LogP contribution in [-0.2, 0) is 10.0 Å². The summed E-state index contributed by atoms with van der Waals surface area (Å²) in [6.45, 7) is 5.00. The summed E-state index contributed by atoms with van der Waals surface area (Å²) in [5, 5.41) is 0.158. The van der Waals surface area contributed by atoms with Gasteiger partial charge in [-0.3, -0.25) is 9.52 Å². The van der Waals surface area contributed by atoms with Crippen LogP contribution >= 0.6 is 0 Å². The molecule has 0 saturated heterocycles. The summed E-state index contributed by atoms with van der Waals surface area (Å²) in [5.74, 6) is -2.19. The highest BCUT2D eigenvalue weighted by Gasteiger charge is 2.35. The molecule has 1 aliphatic carbocycles. The van der Waals surface area contributed by atoms with Gasteiger partial charge in [0.25, 0.3) is 5.91 Å². The van der Waals surface area contributed by atoms with Gasteiger partial charge in [-0.15, -0.1) is 0 Å². The first kappa shape index (κ1) is 26.8. The zero-order valence-electron chi connectivity index (χ0n) is 21.1. The molecule has 0 aliphatic heterocycles. The lowest BCUT2D eigenvalue weighted by atomic mass is 10.0. The van der Waals surface area contributed by atoms with Crippen molar-refractivity contribution in [2.75, 3.05) is 4.72 Å². The van der Waals surface area contributed by atoms with Crippen molar-refractivity contribution in [2.24, 2.45) is 11.7 Å². The number of carbonyl (C=O) groups is 1. The summed E-state index contributed by atoms with van der Waals surface area (Å²) in [6.07, 6.45) is 1.86. The first-order chi connectivity index (χ1) is 17.1. The summed E-state index contributed by atoms with van der Waals surface area (Å²) in [6, 6.07) is 5.01. The van der Waals surface area contributed by atoms with Crippen molar-refractivity contribution in [3.8, 4) is 17.0 Å². The maximum atomic E-state index is 14.7. The lowest BCUT2D eigenvalue weighted by molar-refractivity contribution is -0.0521. The van der Waals surface area contributed by atoms with Crippen molar-refractivity contribution in [2.45, 2.75) is 64.9 Å². The quantitative estimate of drug-likeness (QED) is 0.400. The molecule has 2 heterocycles. The molecule has 0 spiro atoms. The molecule has 1 atom stereocenters. The number of rotatable bonds is 8. The zero-order chi connectivity index (χ0) is 27.4. The zero-order valence-corrected chi connectivity index (χ0v) is 21.9. The number of nitrogens with one attached hydrogen (secondary N) is 1. The third-order valence-electron chi connectivity index (χ3n) is 6.62. The van der Waals surface area contributed by atoms with Gasteiger partial charge < -0.3 is 15.0 Å². The number of pyridine rings is 1. The van der Waals surface area contributed by atoms with Gasteiger partial charge in [-0.2, -0.15) is 8.78 Å². The molecule has 1 aromatic carbocycles. The second-order valence-corrected chi connectivity index (χ2v) is 12.7. The number of primary amides is 1. The summed E-state index contributed by atoms with van der Waals surface area (Å²) in [4.78, 5) is 17.1. The molecule has 0 unspecified atom stereocenters. The molecule has 37 heavy (non-hydrogen) atoms. The van der Waals surface area contributed by atoms with Crippen LogP contribution in [0.3, 0.4) is 0 Å². The van der Waals surface area contributed by atoms with Crippen LogP contribution in [0.25, 0.3) is 22.2 Å². The van der Waals surface area contributed by atoms with Crippen molar-refractivity contribution in [3.63, 3.8) is 0 Å². The van der Waals surface area contributed by atoms with Crippen molar-refractivity contribution < 1.29 is 31.1 Å². The van der Waals surface area contributed by atoms with Gasteiger partial charge in [0, 0.05) is 28.8 Å². The van der Waals surface area contributed by atoms with E-state index in [0.29, 0.717) is 22.5 Å². The van der Waals surface area contributed by atoms with Gasteiger partial charge in [-0.05, 0) is 71.6 Å². The largest absolute Gasteiger partial charge is 0.432 e. The van der Waals surface area contributed by atoms with E-state index in [1.54, 1.807) is 38.3 Å². The van der Waals surface area contributed by atoms with Crippen LogP contribution in [0.2, 0.25) is 0 Å². The van der Waals surface area contributed by atoms with Crippen molar-refractivity contribution in [3.05, 3.63) is 41.3 Å². The lowest BCUT2D eigenvalue weighted by Gasteiger charge is -2.22. The summed E-state index contributed by atoms with van der Waals surface area (Å²) in [5.41, 5.74) is 7.29. The molecule has 12 heteroatoms. The third kappa shape index (κ3) is 4.98. The van der Waals surface area contributed by atoms with Crippen LogP contribution in [-0.4, -0.2) is 35.2 Å².